The van der Waals surface area contributed by atoms with Crippen molar-refractivity contribution in [3.05, 3.63) is 89.2 Å². The quantitative estimate of drug-likeness (QED) is 0.347. The summed E-state index contributed by atoms with van der Waals surface area (Å²) in [6.45, 7) is 1.68. The number of ketones is 1. The van der Waals surface area contributed by atoms with Crippen molar-refractivity contribution in [1.82, 2.24) is 29.8 Å². The van der Waals surface area contributed by atoms with Crippen LogP contribution in [0, 0.1) is 6.92 Å². The molecule has 10 heteroatoms. The van der Waals surface area contributed by atoms with Crippen molar-refractivity contribution in [3.8, 4) is 5.69 Å². The van der Waals surface area contributed by atoms with Gasteiger partial charge in [-0.15, -0.1) is 5.10 Å². The Morgan fingerprint density at radius 1 is 1.07 bits per heavy atom. The van der Waals surface area contributed by atoms with Gasteiger partial charge >= 0.3 is 5.97 Å². The molecule has 2 aromatic carbocycles. The van der Waals surface area contributed by atoms with E-state index in [0.717, 1.165) is 0 Å². The maximum Gasteiger partial charge on any atom is 0.363 e. The Labute approximate surface area is 175 Å². The van der Waals surface area contributed by atoms with E-state index < -0.39 is 18.0 Å². The molecule has 2 heterocycles. The molecule has 0 N–H and O–H groups in total. The molecule has 9 nitrogen and oxygen atoms in total. The summed E-state index contributed by atoms with van der Waals surface area (Å²) in [7, 11) is 0. The van der Waals surface area contributed by atoms with E-state index in [1.165, 1.54) is 22.0 Å². The maximum absolute atomic E-state index is 12.9. The highest BCUT2D eigenvalue weighted by molar-refractivity contribution is 6.30. The summed E-state index contributed by atoms with van der Waals surface area (Å²) in [6, 6.07) is 15.4. The minimum atomic E-state index is -1.33. The standard InChI is InChI=1S/C20H15ClN6O3/c1-13-17(24-25-27(13)16-9-7-15(21)8-10-16)20(29)30-19(26-12-22-11-23-26)18(28)14-5-3-2-4-6-14/h2-12,19H,1H3. The third-order valence-corrected chi connectivity index (χ3v) is 4.59. The molecule has 0 saturated carbocycles. The van der Waals surface area contributed by atoms with Crippen LogP contribution in [0.2, 0.25) is 5.02 Å². The third kappa shape index (κ3) is 3.83. The Kier molecular flexibility index (Phi) is 5.36. The van der Waals surface area contributed by atoms with Crippen LogP contribution in [0.15, 0.2) is 67.3 Å². The molecule has 0 aliphatic rings. The van der Waals surface area contributed by atoms with E-state index in [1.54, 1.807) is 61.5 Å². The smallest absolute Gasteiger partial charge is 0.363 e. The molecule has 0 radical (unpaired) electrons. The predicted molar refractivity (Wildman–Crippen MR) is 106 cm³/mol. The molecule has 2 aromatic heterocycles. The van der Waals surface area contributed by atoms with Gasteiger partial charge in [-0.1, -0.05) is 47.1 Å². The number of hydrogen-bond acceptors (Lipinski definition) is 7. The van der Waals surface area contributed by atoms with Crippen molar-refractivity contribution in [3.63, 3.8) is 0 Å². The summed E-state index contributed by atoms with van der Waals surface area (Å²) in [5.41, 5.74) is 1.48. The fourth-order valence-electron chi connectivity index (χ4n) is 2.81. The van der Waals surface area contributed by atoms with Crippen LogP contribution in [0.4, 0.5) is 0 Å². The normalized spacial score (nSPS) is 11.8. The van der Waals surface area contributed by atoms with Crippen molar-refractivity contribution in [2.24, 2.45) is 0 Å². The summed E-state index contributed by atoms with van der Waals surface area (Å²) in [4.78, 5) is 29.6. The van der Waals surface area contributed by atoms with Gasteiger partial charge in [0, 0.05) is 10.6 Å². The molecule has 4 rings (SSSR count). The third-order valence-electron chi connectivity index (χ3n) is 4.34. The van der Waals surface area contributed by atoms with Crippen LogP contribution in [-0.2, 0) is 4.74 Å². The van der Waals surface area contributed by atoms with Crippen molar-refractivity contribution in [1.29, 1.82) is 0 Å². The summed E-state index contributed by atoms with van der Waals surface area (Å²) in [5, 5.41) is 12.5. The van der Waals surface area contributed by atoms with Crippen LogP contribution >= 0.6 is 11.6 Å². The fourth-order valence-corrected chi connectivity index (χ4v) is 2.94. The Morgan fingerprint density at radius 2 is 1.80 bits per heavy atom. The number of carbonyl (C=O) groups excluding carboxylic acids is 2. The average Bonchev–Trinajstić information content (AvgIpc) is 3.43. The van der Waals surface area contributed by atoms with Gasteiger partial charge in [-0.25, -0.2) is 19.1 Å². The largest absolute Gasteiger partial charge is 0.427 e. The van der Waals surface area contributed by atoms with Gasteiger partial charge in [0.2, 0.25) is 5.78 Å². The Morgan fingerprint density at radius 3 is 2.47 bits per heavy atom. The van der Waals surface area contributed by atoms with E-state index in [0.29, 0.717) is 22.0 Å². The molecule has 4 aromatic rings. The van der Waals surface area contributed by atoms with Crippen LogP contribution < -0.4 is 0 Å². The fraction of sp³-hybridized carbons (Fsp3) is 0.100. The van der Waals surface area contributed by atoms with Crippen LogP contribution in [0.3, 0.4) is 0 Å². The maximum atomic E-state index is 12.9. The number of benzene rings is 2. The number of carbonyl (C=O) groups is 2. The first-order chi connectivity index (χ1) is 14.5. The number of nitrogens with zero attached hydrogens (tertiary/aromatic N) is 6. The minimum Gasteiger partial charge on any atom is -0.427 e. The van der Waals surface area contributed by atoms with Crippen LogP contribution in [0.5, 0.6) is 0 Å². The van der Waals surface area contributed by atoms with Gasteiger partial charge in [0.1, 0.15) is 12.7 Å². The van der Waals surface area contributed by atoms with Crippen molar-refractivity contribution in [2.45, 2.75) is 13.2 Å². The van der Waals surface area contributed by atoms with Gasteiger partial charge in [-0.2, -0.15) is 5.10 Å². The summed E-state index contributed by atoms with van der Waals surface area (Å²) < 4.78 is 8.14. The number of esters is 1. The highest BCUT2D eigenvalue weighted by Crippen LogP contribution is 2.20. The zero-order valence-electron chi connectivity index (χ0n) is 15.7. The first-order valence-corrected chi connectivity index (χ1v) is 9.25. The van der Waals surface area contributed by atoms with Gasteiger partial charge in [0.15, 0.2) is 5.69 Å². The molecule has 0 bridgehead atoms. The van der Waals surface area contributed by atoms with Gasteiger partial charge in [0.05, 0.1) is 11.4 Å². The van der Waals surface area contributed by atoms with E-state index in [9.17, 15) is 9.59 Å². The minimum absolute atomic E-state index is 0.0177. The first-order valence-electron chi connectivity index (χ1n) is 8.87. The zero-order chi connectivity index (χ0) is 21.1. The van der Waals surface area contributed by atoms with Crippen LogP contribution in [-0.4, -0.2) is 41.5 Å². The van der Waals surface area contributed by atoms with E-state index in [1.807, 2.05) is 0 Å². The van der Waals surface area contributed by atoms with Crippen molar-refractivity contribution < 1.29 is 14.3 Å². The first kappa shape index (κ1) is 19.5. The molecule has 1 atom stereocenters. The van der Waals surface area contributed by atoms with E-state index in [-0.39, 0.29) is 5.69 Å². The molecule has 0 fully saturated rings. The molecular formula is C20H15ClN6O3. The van der Waals surface area contributed by atoms with Gasteiger partial charge in [-0.3, -0.25) is 4.79 Å². The summed E-state index contributed by atoms with van der Waals surface area (Å²) in [5.74, 6) is -1.25. The molecule has 30 heavy (non-hydrogen) atoms. The second-order valence-corrected chi connectivity index (χ2v) is 6.71. The van der Waals surface area contributed by atoms with E-state index in [4.69, 9.17) is 16.3 Å². The lowest BCUT2D eigenvalue weighted by atomic mass is 10.1. The second kappa shape index (κ2) is 8.26. The lowest BCUT2D eigenvalue weighted by Crippen LogP contribution is -2.26. The van der Waals surface area contributed by atoms with Gasteiger partial charge < -0.3 is 4.74 Å². The molecule has 0 spiro atoms. The highest BCUT2D eigenvalue weighted by atomic mass is 35.5. The number of ether oxygens (including phenoxy) is 1. The number of Topliss-reactive ketones (excluding diaryl/α,β-unsaturated/α-hetero) is 1. The van der Waals surface area contributed by atoms with Crippen molar-refractivity contribution >= 4 is 23.4 Å². The molecular weight excluding hydrogens is 408 g/mol. The average molecular weight is 423 g/mol. The molecule has 0 aliphatic heterocycles. The Hall–Kier alpha value is -3.85. The van der Waals surface area contributed by atoms with Gasteiger partial charge in [0.25, 0.3) is 6.23 Å². The second-order valence-electron chi connectivity index (χ2n) is 6.28. The lowest BCUT2D eigenvalue weighted by molar-refractivity contribution is 0.00738. The molecule has 0 amide bonds. The molecule has 0 saturated heterocycles. The van der Waals surface area contributed by atoms with Crippen LogP contribution in [0.25, 0.3) is 5.69 Å². The van der Waals surface area contributed by atoms with Gasteiger partial charge in [-0.05, 0) is 31.2 Å². The summed E-state index contributed by atoms with van der Waals surface area (Å²) >= 11 is 5.92. The van der Waals surface area contributed by atoms with Crippen LogP contribution in [0.1, 0.15) is 32.8 Å². The molecule has 150 valence electrons. The van der Waals surface area contributed by atoms with Crippen molar-refractivity contribution in [2.75, 3.05) is 0 Å². The van der Waals surface area contributed by atoms with E-state index in [2.05, 4.69) is 20.4 Å². The number of rotatable bonds is 6. The topological polar surface area (TPSA) is 105 Å². The highest BCUT2D eigenvalue weighted by Gasteiger charge is 2.29. The number of hydrogen-bond donors (Lipinski definition) is 0. The Balaban J connectivity index is 1.62. The SMILES string of the molecule is Cc1c(C(=O)OC(C(=O)c2ccccc2)n2cncn2)nnn1-c1ccc(Cl)cc1. The number of halogens is 1. The summed E-state index contributed by atoms with van der Waals surface area (Å²) in [6.07, 6.45) is 1.22. The molecule has 1 unspecified atom stereocenters. The number of aromatic nitrogens is 6. The zero-order valence-corrected chi connectivity index (χ0v) is 16.5. The Bertz CT molecular complexity index is 1170. The monoisotopic (exact) mass is 422 g/mol. The molecule has 0 aliphatic carbocycles. The van der Waals surface area contributed by atoms with E-state index >= 15 is 0 Å². The lowest BCUT2D eigenvalue weighted by Gasteiger charge is -2.16. The predicted octanol–water partition coefficient (Wildman–Crippen LogP) is 3.06.